The van der Waals surface area contributed by atoms with E-state index in [1.807, 2.05) is 30.3 Å². The van der Waals surface area contributed by atoms with Crippen molar-refractivity contribution in [2.45, 2.75) is 37.8 Å². The summed E-state index contributed by atoms with van der Waals surface area (Å²) in [6.45, 7) is 0.836. The molecule has 2 aliphatic rings. The number of hydrogen-bond donors (Lipinski definition) is 1. The number of fused-ring (bicyclic) bond motifs is 2. The van der Waals surface area contributed by atoms with Gasteiger partial charge in [-0.3, -0.25) is 14.6 Å². The molecular weight excluding hydrogens is 385 g/mol. The van der Waals surface area contributed by atoms with Crippen molar-refractivity contribution in [3.63, 3.8) is 0 Å². The Morgan fingerprint density at radius 2 is 2.07 bits per heavy atom. The minimum absolute atomic E-state index is 0.0113. The van der Waals surface area contributed by atoms with Gasteiger partial charge in [0.05, 0.1) is 23.8 Å². The van der Waals surface area contributed by atoms with Crippen molar-refractivity contribution in [3.05, 3.63) is 65.7 Å². The minimum Gasteiger partial charge on any atom is -0.383 e. The summed E-state index contributed by atoms with van der Waals surface area (Å²) in [5.74, 6) is -1.06. The summed E-state index contributed by atoms with van der Waals surface area (Å²) in [4.78, 5) is 32.2. The smallest absolute Gasteiger partial charge is 0.257 e. The van der Waals surface area contributed by atoms with E-state index >= 15 is 0 Å². The second kappa shape index (κ2) is 8.52. The normalized spacial score (nSPS) is 24.8. The summed E-state index contributed by atoms with van der Waals surface area (Å²) >= 11 is 0. The second-order valence-corrected chi connectivity index (χ2v) is 8.09. The molecule has 2 saturated heterocycles. The number of nitrogens with zero attached hydrogens (tertiary/aromatic N) is 2. The third-order valence-electron chi connectivity index (χ3n) is 6.38. The first-order valence-corrected chi connectivity index (χ1v) is 10.3. The molecule has 2 amide bonds. The maximum Gasteiger partial charge on any atom is 0.257 e. The number of halogens is 1. The molecule has 2 fully saturated rings. The number of ether oxygens (including phenoxy) is 1. The van der Waals surface area contributed by atoms with Crippen molar-refractivity contribution < 1.29 is 18.7 Å². The van der Waals surface area contributed by atoms with E-state index in [4.69, 9.17) is 4.74 Å². The molecule has 30 heavy (non-hydrogen) atoms. The molecule has 3 atom stereocenters. The minimum atomic E-state index is -0.739. The van der Waals surface area contributed by atoms with Gasteiger partial charge in [0, 0.05) is 31.9 Å². The molecule has 0 spiro atoms. The molecule has 0 aliphatic carbocycles. The van der Waals surface area contributed by atoms with Crippen LogP contribution in [0.15, 0.2) is 48.8 Å². The topological polar surface area (TPSA) is 71.5 Å². The van der Waals surface area contributed by atoms with E-state index in [2.05, 4.69) is 10.3 Å². The fourth-order valence-corrected chi connectivity index (χ4v) is 5.09. The van der Waals surface area contributed by atoms with Crippen molar-refractivity contribution >= 4 is 11.8 Å². The molecule has 2 bridgehead atoms. The van der Waals surface area contributed by atoms with E-state index < -0.39 is 11.2 Å². The Hall–Kier alpha value is -2.80. The highest BCUT2D eigenvalue weighted by atomic mass is 19.1. The number of carbonyl (C=O) groups excluding carboxylic acids is 2. The van der Waals surface area contributed by atoms with E-state index in [1.165, 1.54) is 12.3 Å². The number of carbonyl (C=O) groups is 2. The molecule has 4 rings (SSSR count). The van der Waals surface area contributed by atoms with Gasteiger partial charge in [0.1, 0.15) is 0 Å². The lowest BCUT2D eigenvalue weighted by atomic mass is 9.69. The molecule has 0 radical (unpaired) electrons. The summed E-state index contributed by atoms with van der Waals surface area (Å²) in [5, 5.41) is 3.00. The fourth-order valence-electron chi connectivity index (χ4n) is 5.09. The molecule has 6 nitrogen and oxygen atoms in total. The lowest BCUT2D eigenvalue weighted by Crippen LogP contribution is -2.51. The maximum atomic E-state index is 14.3. The van der Waals surface area contributed by atoms with Crippen molar-refractivity contribution in [2.75, 3.05) is 20.3 Å². The predicted molar refractivity (Wildman–Crippen MR) is 109 cm³/mol. The highest BCUT2D eigenvalue weighted by Crippen LogP contribution is 2.52. The molecule has 2 aliphatic heterocycles. The molecule has 1 aromatic carbocycles. The number of aromatic nitrogens is 1. The Kier molecular flexibility index (Phi) is 5.81. The Morgan fingerprint density at radius 1 is 1.27 bits per heavy atom. The van der Waals surface area contributed by atoms with Crippen LogP contribution < -0.4 is 5.32 Å². The Bertz CT molecular complexity index is 923. The molecule has 7 heteroatoms. The van der Waals surface area contributed by atoms with Crippen molar-refractivity contribution in [2.24, 2.45) is 5.41 Å². The van der Waals surface area contributed by atoms with Crippen LogP contribution >= 0.6 is 0 Å². The van der Waals surface area contributed by atoms with Gasteiger partial charge in [-0.25, -0.2) is 4.39 Å². The second-order valence-electron chi connectivity index (χ2n) is 8.09. The number of benzene rings is 1. The number of methoxy groups -OCH3 is 1. The first kappa shape index (κ1) is 20.5. The lowest BCUT2D eigenvalue weighted by Gasteiger charge is -2.36. The van der Waals surface area contributed by atoms with Gasteiger partial charge in [0.15, 0.2) is 5.82 Å². The largest absolute Gasteiger partial charge is 0.383 e. The average Bonchev–Trinajstić information content (AvgIpc) is 3.31. The van der Waals surface area contributed by atoms with E-state index in [0.29, 0.717) is 26.0 Å². The van der Waals surface area contributed by atoms with E-state index in [1.54, 1.807) is 12.0 Å². The third kappa shape index (κ3) is 3.58. The van der Waals surface area contributed by atoms with E-state index in [-0.39, 0.29) is 29.5 Å². The average molecular weight is 411 g/mol. The molecular formula is C23H26FN3O3. The lowest BCUT2D eigenvalue weighted by molar-refractivity contribution is -0.132. The summed E-state index contributed by atoms with van der Waals surface area (Å²) in [7, 11) is 1.59. The maximum absolute atomic E-state index is 14.3. The fraction of sp³-hybridized carbons (Fsp3) is 0.435. The zero-order valence-corrected chi connectivity index (χ0v) is 17.0. The van der Waals surface area contributed by atoms with Gasteiger partial charge in [0.25, 0.3) is 5.91 Å². The summed E-state index contributed by atoms with van der Waals surface area (Å²) < 4.78 is 19.3. The monoisotopic (exact) mass is 411 g/mol. The number of amides is 2. The highest BCUT2D eigenvalue weighted by Gasteiger charge is 2.61. The Balaban J connectivity index is 1.66. The van der Waals surface area contributed by atoms with Crippen LogP contribution in [0.25, 0.3) is 0 Å². The first-order valence-electron chi connectivity index (χ1n) is 10.3. The van der Waals surface area contributed by atoms with Gasteiger partial charge in [0.2, 0.25) is 5.91 Å². The predicted octanol–water partition coefficient (Wildman–Crippen LogP) is 2.59. The van der Waals surface area contributed by atoms with Gasteiger partial charge in [-0.2, -0.15) is 0 Å². The number of rotatable bonds is 7. The van der Waals surface area contributed by atoms with Crippen LogP contribution in [-0.2, 0) is 16.0 Å². The van der Waals surface area contributed by atoms with E-state index in [9.17, 15) is 14.0 Å². The SMILES string of the molecule is COCCNC(=O)[C@@]1(Cc2ccccc2)C[C@H]2CC[C@@H]1N2C(=O)c1ccncc1F. The number of nitrogens with one attached hydrogen (secondary N) is 1. The van der Waals surface area contributed by atoms with Crippen LogP contribution in [0.1, 0.15) is 35.2 Å². The van der Waals surface area contributed by atoms with Gasteiger partial charge in [-0.1, -0.05) is 30.3 Å². The van der Waals surface area contributed by atoms with Crippen LogP contribution in [0.3, 0.4) is 0 Å². The van der Waals surface area contributed by atoms with Gasteiger partial charge >= 0.3 is 0 Å². The van der Waals surface area contributed by atoms with Crippen molar-refractivity contribution in [1.82, 2.24) is 15.2 Å². The summed E-state index contributed by atoms with van der Waals surface area (Å²) in [5.41, 5.74) is 0.323. The third-order valence-corrected chi connectivity index (χ3v) is 6.38. The van der Waals surface area contributed by atoms with Crippen LogP contribution in [-0.4, -0.2) is 54.0 Å². The van der Waals surface area contributed by atoms with Crippen LogP contribution in [0.2, 0.25) is 0 Å². The number of pyridine rings is 1. The molecule has 0 unspecified atom stereocenters. The molecule has 1 aromatic heterocycles. The Morgan fingerprint density at radius 3 is 2.80 bits per heavy atom. The standard InChI is InChI=1S/C23H26FN3O3/c1-30-12-11-26-22(29)23(13-16-5-3-2-4-6-16)14-17-7-8-20(23)27(17)21(28)18-9-10-25-15-19(18)24/h2-6,9-10,15,17,20H,7-8,11-14H2,1H3,(H,26,29)/t17-,20+,23+/m1/s1. The van der Waals surface area contributed by atoms with E-state index in [0.717, 1.165) is 24.6 Å². The zero-order valence-electron chi connectivity index (χ0n) is 17.0. The van der Waals surface area contributed by atoms with Gasteiger partial charge in [-0.05, 0) is 37.3 Å². The molecule has 3 heterocycles. The van der Waals surface area contributed by atoms with Crippen molar-refractivity contribution in [1.29, 1.82) is 0 Å². The summed E-state index contributed by atoms with van der Waals surface area (Å²) in [6, 6.07) is 10.9. The molecule has 1 N–H and O–H groups in total. The quantitative estimate of drug-likeness (QED) is 0.711. The summed E-state index contributed by atoms with van der Waals surface area (Å²) in [6.07, 6.45) is 5.14. The van der Waals surface area contributed by atoms with Gasteiger partial charge < -0.3 is 15.0 Å². The van der Waals surface area contributed by atoms with Gasteiger partial charge in [-0.15, -0.1) is 0 Å². The van der Waals surface area contributed by atoms with Crippen LogP contribution in [0.4, 0.5) is 4.39 Å². The Labute approximate surface area is 175 Å². The van der Waals surface area contributed by atoms with Crippen molar-refractivity contribution in [3.8, 4) is 0 Å². The molecule has 2 aromatic rings. The van der Waals surface area contributed by atoms with Crippen LogP contribution in [0.5, 0.6) is 0 Å². The number of hydrogen-bond acceptors (Lipinski definition) is 4. The first-order chi connectivity index (χ1) is 14.6. The zero-order chi connectivity index (χ0) is 21.1. The van der Waals surface area contributed by atoms with Crippen LogP contribution in [0, 0.1) is 11.2 Å². The molecule has 0 saturated carbocycles. The molecule has 158 valence electrons. The highest BCUT2D eigenvalue weighted by molar-refractivity contribution is 5.96.